The van der Waals surface area contributed by atoms with Crippen LogP contribution in [0.5, 0.6) is 0 Å². The molecule has 6 nitrogen and oxygen atoms in total. The van der Waals surface area contributed by atoms with Gasteiger partial charge in [0.05, 0.1) is 11.6 Å². The Balaban J connectivity index is 2.34. The summed E-state index contributed by atoms with van der Waals surface area (Å²) in [6.07, 6.45) is 4.64. The highest BCUT2D eigenvalue weighted by molar-refractivity contribution is 5.48. The van der Waals surface area contributed by atoms with E-state index < -0.39 is 0 Å². The molecule has 0 amide bonds. The van der Waals surface area contributed by atoms with Gasteiger partial charge in [-0.1, -0.05) is 5.16 Å². The molecule has 0 fully saturated rings. The maximum atomic E-state index is 5.59. The molecule has 0 saturated carbocycles. The van der Waals surface area contributed by atoms with Gasteiger partial charge in [-0.25, -0.2) is 9.97 Å². The van der Waals surface area contributed by atoms with E-state index in [0.29, 0.717) is 17.3 Å². The van der Waals surface area contributed by atoms with Gasteiger partial charge in [0.2, 0.25) is 0 Å². The molecule has 0 radical (unpaired) electrons. The molecule has 0 aliphatic rings. The average molecular weight is 191 g/mol. The van der Waals surface area contributed by atoms with Crippen LogP contribution in [0.25, 0.3) is 11.5 Å². The summed E-state index contributed by atoms with van der Waals surface area (Å²) in [5, 5.41) is 3.73. The summed E-state index contributed by atoms with van der Waals surface area (Å²) < 4.78 is 4.99. The lowest BCUT2D eigenvalue weighted by Crippen LogP contribution is -2.06. The van der Waals surface area contributed by atoms with E-state index in [1.165, 1.54) is 6.33 Å². The minimum Gasteiger partial charge on any atom is -0.334 e. The third-order valence-electron chi connectivity index (χ3n) is 1.66. The van der Waals surface area contributed by atoms with E-state index >= 15 is 0 Å². The monoisotopic (exact) mass is 191 g/mol. The van der Waals surface area contributed by atoms with Crippen molar-refractivity contribution < 1.29 is 4.52 Å². The van der Waals surface area contributed by atoms with E-state index in [9.17, 15) is 0 Å². The fourth-order valence-electron chi connectivity index (χ4n) is 0.947. The topological polar surface area (TPSA) is 90.7 Å². The molecule has 0 bridgehead atoms. The Morgan fingerprint density at radius 1 is 1.36 bits per heavy atom. The highest BCUT2D eigenvalue weighted by Crippen LogP contribution is 2.15. The third kappa shape index (κ3) is 1.60. The van der Waals surface area contributed by atoms with Crippen LogP contribution in [-0.2, 0) is 0 Å². The zero-order valence-corrected chi connectivity index (χ0v) is 7.58. The lowest BCUT2D eigenvalue weighted by atomic mass is 10.3. The van der Waals surface area contributed by atoms with Crippen LogP contribution < -0.4 is 5.73 Å². The molecule has 0 aromatic carbocycles. The van der Waals surface area contributed by atoms with Gasteiger partial charge in [0.1, 0.15) is 6.33 Å². The number of nitrogens with zero attached hydrogens (tertiary/aromatic N) is 4. The Labute approximate surface area is 80.2 Å². The SMILES string of the molecule is CC(N)c1noc(-c2cncnc2)n1. The van der Waals surface area contributed by atoms with Crippen molar-refractivity contribution in [3.8, 4) is 11.5 Å². The van der Waals surface area contributed by atoms with E-state index in [0.717, 1.165) is 0 Å². The zero-order valence-electron chi connectivity index (χ0n) is 7.58. The Hall–Kier alpha value is -1.82. The summed E-state index contributed by atoms with van der Waals surface area (Å²) in [5.41, 5.74) is 6.28. The normalized spacial score (nSPS) is 12.7. The number of aromatic nitrogens is 4. The molecular formula is C8H9N5O. The first kappa shape index (κ1) is 8.76. The van der Waals surface area contributed by atoms with Gasteiger partial charge in [0, 0.05) is 12.4 Å². The Bertz CT molecular complexity index is 411. The van der Waals surface area contributed by atoms with Gasteiger partial charge < -0.3 is 10.3 Å². The molecule has 6 heteroatoms. The molecule has 0 saturated heterocycles. The van der Waals surface area contributed by atoms with Gasteiger partial charge in [-0.15, -0.1) is 0 Å². The minimum absolute atomic E-state index is 0.239. The molecular weight excluding hydrogens is 182 g/mol. The van der Waals surface area contributed by atoms with Crippen molar-refractivity contribution in [3.05, 3.63) is 24.5 Å². The van der Waals surface area contributed by atoms with Crippen LogP contribution in [0.2, 0.25) is 0 Å². The molecule has 72 valence electrons. The molecule has 1 atom stereocenters. The van der Waals surface area contributed by atoms with Gasteiger partial charge in [0.25, 0.3) is 5.89 Å². The number of rotatable bonds is 2. The fourth-order valence-corrected chi connectivity index (χ4v) is 0.947. The first-order chi connectivity index (χ1) is 6.77. The van der Waals surface area contributed by atoms with Crippen LogP contribution in [0, 0.1) is 0 Å². The molecule has 14 heavy (non-hydrogen) atoms. The molecule has 2 heterocycles. The predicted molar refractivity (Wildman–Crippen MR) is 47.9 cm³/mol. The summed E-state index contributed by atoms with van der Waals surface area (Å²) >= 11 is 0. The zero-order chi connectivity index (χ0) is 9.97. The summed E-state index contributed by atoms with van der Waals surface area (Å²) in [7, 11) is 0. The predicted octanol–water partition coefficient (Wildman–Crippen LogP) is 0.546. The van der Waals surface area contributed by atoms with Crippen LogP contribution in [0.15, 0.2) is 23.2 Å². The second kappa shape index (κ2) is 3.51. The number of hydrogen-bond acceptors (Lipinski definition) is 6. The Morgan fingerprint density at radius 2 is 2.07 bits per heavy atom. The molecule has 1 unspecified atom stereocenters. The second-order valence-corrected chi connectivity index (χ2v) is 2.87. The van der Waals surface area contributed by atoms with E-state index in [-0.39, 0.29) is 6.04 Å². The summed E-state index contributed by atoms with van der Waals surface area (Å²) in [4.78, 5) is 11.8. The lowest BCUT2D eigenvalue weighted by molar-refractivity contribution is 0.418. The van der Waals surface area contributed by atoms with Gasteiger partial charge in [-0.3, -0.25) is 0 Å². The van der Waals surface area contributed by atoms with Crippen LogP contribution in [0.3, 0.4) is 0 Å². The Morgan fingerprint density at radius 3 is 2.64 bits per heavy atom. The van der Waals surface area contributed by atoms with E-state index in [2.05, 4.69) is 20.1 Å². The maximum absolute atomic E-state index is 5.59. The van der Waals surface area contributed by atoms with Gasteiger partial charge >= 0.3 is 0 Å². The van der Waals surface area contributed by atoms with E-state index in [4.69, 9.17) is 10.3 Å². The summed E-state index contributed by atoms with van der Waals surface area (Å²) in [6.45, 7) is 1.79. The van der Waals surface area contributed by atoms with Crippen LogP contribution in [-0.4, -0.2) is 20.1 Å². The number of hydrogen-bond donors (Lipinski definition) is 1. The van der Waals surface area contributed by atoms with E-state index in [1.54, 1.807) is 19.3 Å². The van der Waals surface area contributed by atoms with Crippen molar-refractivity contribution in [2.75, 3.05) is 0 Å². The van der Waals surface area contributed by atoms with Crippen LogP contribution in [0.1, 0.15) is 18.8 Å². The minimum atomic E-state index is -0.239. The van der Waals surface area contributed by atoms with Crippen molar-refractivity contribution in [2.24, 2.45) is 5.73 Å². The lowest BCUT2D eigenvalue weighted by Gasteiger charge is -1.93. The van der Waals surface area contributed by atoms with Crippen molar-refractivity contribution in [1.82, 2.24) is 20.1 Å². The number of nitrogens with two attached hydrogens (primary N) is 1. The van der Waals surface area contributed by atoms with Crippen molar-refractivity contribution in [1.29, 1.82) is 0 Å². The first-order valence-corrected chi connectivity index (χ1v) is 4.12. The van der Waals surface area contributed by atoms with Gasteiger partial charge in [0.15, 0.2) is 5.82 Å². The Kier molecular flexibility index (Phi) is 2.19. The van der Waals surface area contributed by atoms with Crippen molar-refractivity contribution >= 4 is 0 Å². The molecule has 0 spiro atoms. The highest BCUT2D eigenvalue weighted by Gasteiger charge is 2.11. The highest BCUT2D eigenvalue weighted by atomic mass is 16.5. The molecule has 2 aromatic rings. The average Bonchev–Trinajstić information content (AvgIpc) is 2.68. The quantitative estimate of drug-likeness (QED) is 0.745. The fraction of sp³-hybridized carbons (Fsp3) is 0.250. The summed E-state index contributed by atoms with van der Waals surface area (Å²) in [6, 6.07) is -0.239. The van der Waals surface area contributed by atoms with Crippen LogP contribution in [0.4, 0.5) is 0 Å². The summed E-state index contributed by atoms with van der Waals surface area (Å²) in [5.74, 6) is 0.863. The van der Waals surface area contributed by atoms with Crippen molar-refractivity contribution in [2.45, 2.75) is 13.0 Å². The maximum Gasteiger partial charge on any atom is 0.261 e. The first-order valence-electron chi connectivity index (χ1n) is 4.12. The largest absolute Gasteiger partial charge is 0.334 e. The van der Waals surface area contributed by atoms with Crippen molar-refractivity contribution in [3.63, 3.8) is 0 Å². The molecule has 0 aliphatic heterocycles. The molecule has 2 rings (SSSR count). The second-order valence-electron chi connectivity index (χ2n) is 2.87. The molecule has 0 aliphatic carbocycles. The van der Waals surface area contributed by atoms with Crippen LogP contribution >= 0.6 is 0 Å². The van der Waals surface area contributed by atoms with Gasteiger partial charge in [-0.05, 0) is 6.92 Å². The molecule has 2 aromatic heterocycles. The third-order valence-corrected chi connectivity index (χ3v) is 1.66. The van der Waals surface area contributed by atoms with E-state index in [1.807, 2.05) is 0 Å². The van der Waals surface area contributed by atoms with Gasteiger partial charge in [-0.2, -0.15) is 4.98 Å². The smallest absolute Gasteiger partial charge is 0.261 e. The standard InChI is InChI=1S/C8H9N5O/c1-5(9)7-12-8(14-13-7)6-2-10-4-11-3-6/h2-5H,9H2,1H3. The molecule has 2 N–H and O–H groups in total.